The van der Waals surface area contributed by atoms with Gasteiger partial charge in [-0.25, -0.2) is 4.39 Å². The summed E-state index contributed by atoms with van der Waals surface area (Å²) in [5.41, 5.74) is 8.64. The third kappa shape index (κ3) is 3.30. The average Bonchev–Trinajstić information content (AvgIpc) is 2.42. The summed E-state index contributed by atoms with van der Waals surface area (Å²) in [4.78, 5) is 0. The number of benzene rings is 2. The van der Waals surface area contributed by atoms with Crippen LogP contribution in [0.4, 0.5) is 4.39 Å². The van der Waals surface area contributed by atoms with Crippen LogP contribution >= 0.6 is 11.6 Å². The fourth-order valence-electron chi connectivity index (χ4n) is 2.17. The molecule has 2 rings (SSSR count). The minimum atomic E-state index is -0.349. The quantitative estimate of drug-likeness (QED) is 0.923. The highest BCUT2D eigenvalue weighted by Crippen LogP contribution is 2.28. The molecule has 0 heterocycles. The van der Waals surface area contributed by atoms with Crippen molar-refractivity contribution in [1.29, 1.82) is 0 Å². The highest BCUT2D eigenvalue weighted by atomic mass is 35.5. The van der Waals surface area contributed by atoms with Gasteiger partial charge in [-0.3, -0.25) is 0 Å². The van der Waals surface area contributed by atoms with E-state index in [0.29, 0.717) is 17.0 Å². The number of ether oxygens (including phenoxy) is 1. The van der Waals surface area contributed by atoms with Crippen LogP contribution in [-0.2, 0) is 6.42 Å². The second-order valence-corrected chi connectivity index (χ2v) is 5.23. The first kappa shape index (κ1) is 14.8. The summed E-state index contributed by atoms with van der Waals surface area (Å²) in [6, 6.07) is 9.95. The lowest BCUT2D eigenvalue weighted by Gasteiger charge is -2.17. The number of halogens is 2. The van der Waals surface area contributed by atoms with E-state index in [1.165, 1.54) is 12.1 Å². The number of hydrogen-bond acceptors (Lipinski definition) is 2. The van der Waals surface area contributed by atoms with Gasteiger partial charge in [-0.2, -0.15) is 0 Å². The van der Waals surface area contributed by atoms with Gasteiger partial charge in [0.15, 0.2) is 0 Å². The number of rotatable bonds is 4. The van der Waals surface area contributed by atoms with E-state index < -0.39 is 0 Å². The summed E-state index contributed by atoms with van der Waals surface area (Å²) in [5, 5.41) is 0.504. The van der Waals surface area contributed by atoms with Crippen molar-refractivity contribution in [3.63, 3.8) is 0 Å². The van der Waals surface area contributed by atoms with Crippen LogP contribution in [0.2, 0.25) is 5.02 Å². The number of methoxy groups -OCH3 is 1. The molecule has 2 N–H and O–H groups in total. The van der Waals surface area contributed by atoms with Crippen molar-refractivity contribution in [2.24, 2.45) is 5.73 Å². The van der Waals surface area contributed by atoms with E-state index in [4.69, 9.17) is 22.1 Å². The second-order valence-electron chi connectivity index (χ2n) is 4.79. The summed E-state index contributed by atoms with van der Waals surface area (Å²) >= 11 is 5.89. The van der Waals surface area contributed by atoms with Crippen molar-refractivity contribution in [2.45, 2.75) is 19.4 Å². The summed E-state index contributed by atoms with van der Waals surface area (Å²) in [6.07, 6.45) is 0.367. The van der Waals surface area contributed by atoms with Gasteiger partial charge >= 0.3 is 0 Å². The lowest BCUT2D eigenvalue weighted by atomic mass is 9.97. The summed E-state index contributed by atoms with van der Waals surface area (Å²) in [7, 11) is 1.60. The van der Waals surface area contributed by atoms with E-state index in [0.717, 1.165) is 16.9 Å². The molecule has 106 valence electrons. The number of hydrogen-bond donors (Lipinski definition) is 1. The van der Waals surface area contributed by atoms with Gasteiger partial charge in [-0.05, 0) is 48.7 Å². The second kappa shape index (κ2) is 6.25. The summed E-state index contributed by atoms with van der Waals surface area (Å²) in [5.74, 6) is 0.427. The van der Waals surface area contributed by atoms with Crippen LogP contribution in [0.3, 0.4) is 0 Å². The Morgan fingerprint density at radius 2 is 2.00 bits per heavy atom. The Labute approximate surface area is 123 Å². The SMILES string of the molecule is COc1cc(C)ccc1C(N)Cc1cc(Cl)ccc1F. The van der Waals surface area contributed by atoms with Crippen LogP contribution in [0.1, 0.15) is 22.7 Å². The lowest BCUT2D eigenvalue weighted by Crippen LogP contribution is -2.15. The van der Waals surface area contributed by atoms with Crippen molar-refractivity contribution in [2.75, 3.05) is 7.11 Å². The first-order chi connectivity index (χ1) is 9.51. The molecule has 0 amide bonds. The maximum absolute atomic E-state index is 13.7. The van der Waals surface area contributed by atoms with Crippen molar-refractivity contribution in [3.05, 3.63) is 63.9 Å². The third-order valence-corrected chi connectivity index (χ3v) is 3.47. The minimum absolute atomic E-state index is 0.295. The zero-order valence-electron chi connectivity index (χ0n) is 11.5. The normalized spacial score (nSPS) is 12.2. The molecule has 0 aliphatic heterocycles. The summed E-state index contributed by atoms with van der Waals surface area (Å²) < 4.78 is 19.1. The molecular formula is C16H17ClFNO. The van der Waals surface area contributed by atoms with Crippen LogP contribution in [0.15, 0.2) is 36.4 Å². The number of aryl methyl sites for hydroxylation is 1. The van der Waals surface area contributed by atoms with Gasteiger partial charge in [0.25, 0.3) is 0 Å². The molecule has 20 heavy (non-hydrogen) atoms. The van der Waals surface area contributed by atoms with Gasteiger partial charge in [-0.1, -0.05) is 23.7 Å². The fraction of sp³-hybridized carbons (Fsp3) is 0.250. The molecule has 2 aromatic carbocycles. The van der Waals surface area contributed by atoms with Crippen molar-refractivity contribution < 1.29 is 9.13 Å². The van der Waals surface area contributed by atoms with Crippen LogP contribution in [-0.4, -0.2) is 7.11 Å². The monoisotopic (exact) mass is 293 g/mol. The molecule has 1 unspecified atom stereocenters. The molecule has 0 bridgehead atoms. The Balaban J connectivity index is 2.28. The first-order valence-corrected chi connectivity index (χ1v) is 6.73. The Bertz CT molecular complexity index is 615. The highest BCUT2D eigenvalue weighted by molar-refractivity contribution is 6.30. The highest BCUT2D eigenvalue weighted by Gasteiger charge is 2.15. The Morgan fingerprint density at radius 1 is 1.25 bits per heavy atom. The van der Waals surface area contributed by atoms with Crippen molar-refractivity contribution in [3.8, 4) is 5.75 Å². The molecule has 2 nitrogen and oxygen atoms in total. The van der Waals surface area contributed by atoms with Crippen molar-refractivity contribution in [1.82, 2.24) is 0 Å². The Kier molecular flexibility index (Phi) is 4.63. The standard InChI is InChI=1S/C16H17ClFNO/c1-10-3-5-13(16(7-10)20-2)15(19)9-11-8-12(17)4-6-14(11)18/h3-8,15H,9,19H2,1-2H3. The van der Waals surface area contributed by atoms with E-state index in [9.17, 15) is 4.39 Å². The molecule has 0 saturated heterocycles. The zero-order chi connectivity index (χ0) is 14.7. The van der Waals surface area contributed by atoms with Crippen LogP contribution in [0.5, 0.6) is 5.75 Å². The lowest BCUT2D eigenvalue weighted by molar-refractivity contribution is 0.405. The number of nitrogens with two attached hydrogens (primary N) is 1. The average molecular weight is 294 g/mol. The maximum atomic E-state index is 13.7. The molecule has 0 saturated carbocycles. The summed E-state index contributed by atoms with van der Waals surface area (Å²) in [6.45, 7) is 1.98. The van der Waals surface area contributed by atoms with Gasteiger partial charge in [0.05, 0.1) is 7.11 Å². The Morgan fingerprint density at radius 3 is 2.70 bits per heavy atom. The third-order valence-electron chi connectivity index (χ3n) is 3.24. The molecule has 0 aromatic heterocycles. The molecule has 0 aliphatic carbocycles. The molecule has 2 aromatic rings. The van der Waals surface area contributed by atoms with Gasteiger partial charge in [0.1, 0.15) is 11.6 Å². The maximum Gasteiger partial charge on any atom is 0.126 e. The zero-order valence-corrected chi connectivity index (χ0v) is 12.2. The predicted molar refractivity (Wildman–Crippen MR) is 79.8 cm³/mol. The van der Waals surface area contributed by atoms with Crippen LogP contribution < -0.4 is 10.5 Å². The first-order valence-electron chi connectivity index (χ1n) is 6.35. The van der Waals surface area contributed by atoms with E-state index in [-0.39, 0.29) is 11.9 Å². The smallest absolute Gasteiger partial charge is 0.126 e. The van der Waals surface area contributed by atoms with E-state index in [1.54, 1.807) is 13.2 Å². The van der Waals surface area contributed by atoms with Crippen LogP contribution in [0, 0.1) is 12.7 Å². The molecule has 0 spiro atoms. The van der Waals surface area contributed by atoms with E-state index in [1.807, 2.05) is 25.1 Å². The van der Waals surface area contributed by atoms with E-state index in [2.05, 4.69) is 0 Å². The predicted octanol–water partition coefficient (Wildman–Crippen LogP) is 4.04. The van der Waals surface area contributed by atoms with Gasteiger partial charge in [0, 0.05) is 16.6 Å². The Hall–Kier alpha value is -1.58. The van der Waals surface area contributed by atoms with Gasteiger partial charge in [0.2, 0.25) is 0 Å². The molecule has 0 fully saturated rings. The fourth-order valence-corrected chi connectivity index (χ4v) is 2.37. The largest absolute Gasteiger partial charge is 0.496 e. The van der Waals surface area contributed by atoms with Gasteiger partial charge < -0.3 is 10.5 Å². The molecule has 1 atom stereocenters. The molecule has 0 aliphatic rings. The molecule has 0 radical (unpaired) electrons. The van der Waals surface area contributed by atoms with Gasteiger partial charge in [-0.15, -0.1) is 0 Å². The minimum Gasteiger partial charge on any atom is -0.496 e. The molecular weight excluding hydrogens is 277 g/mol. The van der Waals surface area contributed by atoms with E-state index >= 15 is 0 Å². The topological polar surface area (TPSA) is 35.2 Å². The van der Waals surface area contributed by atoms with Crippen LogP contribution in [0.25, 0.3) is 0 Å². The van der Waals surface area contributed by atoms with Crippen molar-refractivity contribution >= 4 is 11.6 Å². The molecule has 4 heteroatoms.